The molecule has 1 nitrogen and oxygen atoms in total. The highest BCUT2D eigenvalue weighted by molar-refractivity contribution is 5.37. The van der Waals surface area contributed by atoms with E-state index in [1.165, 1.54) is 11.1 Å². The molecule has 0 bridgehead atoms. The second kappa shape index (κ2) is 7.33. The number of methoxy groups -OCH3 is 1. The molecule has 0 aliphatic carbocycles. The lowest BCUT2D eigenvalue weighted by Gasteiger charge is -2.12. The molecule has 0 radical (unpaired) electrons. The lowest BCUT2D eigenvalue weighted by atomic mass is 9.95. The summed E-state index contributed by atoms with van der Waals surface area (Å²) in [6, 6.07) is 6.34. The third-order valence-corrected chi connectivity index (χ3v) is 2.36. The molecule has 86 valence electrons. The monoisotopic (exact) mass is 208 g/mol. The van der Waals surface area contributed by atoms with E-state index in [2.05, 4.69) is 32.9 Å². The summed E-state index contributed by atoms with van der Waals surface area (Å²) in [5, 5.41) is 0. The average Bonchev–Trinajstić information content (AvgIpc) is 2.30. The Morgan fingerprint density at radius 3 is 2.20 bits per heavy atom. The molecule has 0 aliphatic rings. The molecule has 15 heavy (non-hydrogen) atoms. The summed E-state index contributed by atoms with van der Waals surface area (Å²) in [6.45, 7) is 10.6. The molecule has 0 heterocycles. The van der Waals surface area contributed by atoms with E-state index < -0.39 is 0 Å². The van der Waals surface area contributed by atoms with Gasteiger partial charge in [-0.3, -0.25) is 0 Å². The second-order valence-electron chi connectivity index (χ2n) is 3.57. The normalized spacial score (nSPS) is 9.53. The second-order valence-corrected chi connectivity index (χ2v) is 3.57. The standard InChI is InChI=1S/C12H18O.C2H6/c1-5-10-6-7-11(13-4)8-12(10)9(2)3;1-2/h6-9H,5H2,1-4H3;1-2H3. The van der Waals surface area contributed by atoms with Gasteiger partial charge in [-0.2, -0.15) is 0 Å². The minimum absolute atomic E-state index is 0.574. The summed E-state index contributed by atoms with van der Waals surface area (Å²) >= 11 is 0. The molecule has 0 unspecified atom stereocenters. The van der Waals surface area contributed by atoms with Crippen molar-refractivity contribution in [3.63, 3.8) is 0 Å². The predicted octanol–water partition coefficient (Wildman–Crippen LogP) is 4.41. The number of rotatable bonds is 3. The van der Waals surface area contributed by atoms with Gasteiger partial charge in [0.15, 0.2) is 0 Å². The van der Waals surface area contributed by atoms with Crippen LogP contribution in [0.15, 0.2) is 18.2 Å². The van der Waals surface area contributed by atoms with Crippen molar-refractivity contribution in [3.05, 3.63) is 29.3 Å². The zero-order valence-electron chi connectivity index (χ0n) is 10.9. The Labute approximate surface area is 94.5 Å². The number of aryl methyl sites for hydroxylation is 1. The Morgan fingerprint density at radius 1 is 1.20 bits per heavy atom. The van der Waals surface area contributed by atoms with Gasteiger partial charge in [0.25, 0.3) is 0 Å². The summed E-state index contributed by atoms with van der Waals surface area (Å²) < 4.78 is 5.20. The van der Waals surface area contributed by atoms with E-state index in [-0.39, 0.29) is 0 Å². The van der Waals surface area contributed by atoms with E-state index in [9.17, 15) is 0 Å². The Bertz CT molecular complexity index is 277. The SMILES string of the molecule is CC.CCc1ccc(OC)cc1C(C)C. The van der Waals surface area contributed by atoms with Gasteiger partial charge in [0.2, 0.25) is 0 Å². The van der Waals surface area contributed by atoms with E-state index in [1.807, 2.05) is 19.9 Å². The molecule has 1 aromatic rings. The molecule has 0 saturated carbocycles. The first kappa shape index (κ1) is 14.0. The van der Waals surface area contributed by atoms with Crippen LogP contribution in [-0.4, -0.2) is 7.11 Å². The molecule has 0 aromatic heterocycles. The maximum atomic E-state index is 5.20. The van der Waals surface area contributed by atoms with Crippen molar-refractivity contribution in [1.82, 2.24) is 0 Å². The zero-order valence-corrected chi connectivity index (χ0v) is 10.9. The number of hydrogen-bond acceptors (Lipinski definition) is 1. The van der Waals surface area contributed by atoms with E-state index in [0.717, 1.165) is 12.2 Å². The first-order chi connectivity index (χ1) is 7.19. The van der Waals surface area contributed by atoms with Crippen LogP contribution in [0.2, 0.25) is 0 Å². The smallest absolute Gasteiger partial charge is 0.119 e. The molecule has 0 spiro atoms. The van der Waals surface area contributed by atoms with Gasteiger partial charge in [-0.1, -0.05) is 40.7 Å². The van der Waals surface area contributed by atoms with Crippen molar-refractivity contribution >= 4 is 0 Å². The topological polar surface area (TPSA) is 9.23 Å². The van der Waals surface area contributed by atoms with Gasteiger partial charge >= 0.3 is 0 Å². The Hall–Kier alpha value is -0.980. The fraction of sp³-hybridized carbons (Fsp3) is 0.571. The van der Waals surface area contributed by atoms with Crippen LogP contribution >= 0.6 is 0 Å². The van der Waals surface area contributed by atoms with E-state index in [4.69, 9.17) is 4.74 Å². The molecule has 1 aromatic carbocycles. The Morgan fingerprint density at radius 2 is 1.80 bits per heavy atom. The van der Waals surface area contributed by atoms with Gasteiger partial charge in [0.1, 0.15) is 5.75 Å². The fourth-order valence-electron chi connectivity index (χ4n) is 1.56. The summed E-state index contributed by atoms with van der Waals surface area (Å²) in [4.78, 5) is 0. The molecule has 0 aliphatic heterocycles. The van der Waals surface area contributed by atoms with E-state index in [0.29, 0.717) is 5.92 Å². The maximum Gasteiger partial charge on any atom is 0.119 e. The summed E-state index contributed by atoms with van der Waals surface area (Å²) in [5.41, 5.74) is 2.83. The van der Waals surface area contributed by atoms with Crippen LogP contribution in [-0.2, 0) is 6.42 Å². The van der Waals surface area contributed by atoms with Crippen molar-refractivity contribution in [2.24, 2.45) is 0 Å². The van der Waals surface area contributed by atoms with Crippen LogP contribution < -0.4 is 4.74 Å². The predicted molar refractivity (Wildman–Crippen MR) is 67.8 cm³/mol. The van der Waals surface area contributed by atoms with Crippen molar-refractivity contribution < 1.29 is 4.74 Å². The van der Waals surface area contributed by atoms with Gasteiger partial charge < -0.3 is 4.74 Å². The molecule has 0 atom stereocenters. The minimum Gasteiger partial charge on any atom is -0.497 e. The first-order valence-corrected chi connectivity index (χ1v) is 5.85. The first-order valence-electron chi connectivity index (χ1n) is 5.85. The van der Waals surface area contributed by atoms with Gasteiger partial charge in [0.05, 0.1) is 7.11 Å². The summed E-state index contributed by atoms with van der Waals surface area (Å²) in [7, 11) is 1.71. The highest BCUT2D eigenvalue weighted by Crippen LogP contribution is 2.24. The van der Waals surface area contributed by atoms with Gasteiger partial charge in [-0.15, -0.1) is 0 Å². The van der Waals surface area contributed by atoms with E-state index >= 15 is 0 Å². The highest BCUT2D eigenvalue weighted by atomic mass is 16.5. The lowest BCUT2D eigenvalue weighted by molar-refractivity contribution is 0.414. The van der Waals surface area contributed by atoms with Gasteiger partial charge in [-0.25, -0.2) is 0 Å². The van der Waals surface area contributed by atoms with Crippen LogP contribution in [0.25, 0.3) is 0 Å². The van der Waals surface area contributed by atoms with Crippen LogP contribution in [0.3, 0.4) is 0 Å². The number of benzene rings is 1. The molecule has 0 saturated heterocycles. The minimum atomic E-state index is 0.574. The van der Waals surface area contributed by atoms with Crippen LogP contribution in [0.4, 0.5) is 0 Å². The number of ether oxygens (including phenoxy) is 1. The Kier molecular flexibility index (Phi) is 6.85. The third kappa shape index (κ3) is 3.94. The lowest BCUT2D eigenvalue weighted by Crippen LogP contribution is -1.96. The summed E-state index contributed by atoms with van der Waals surface area (Å²) in [6.07, 6.45) is 1.09. The van der Waals surface area contributed by atoms with Crippen molar-refractivity contribution in [1.29, 1.82) is 0 Å². The quantitative estimate of drug-likeness (QED) is 0.715. The largest absolute Gasteiger partial charge is 0.497 e. The number of hydrogen-bond donors (Lipinski definition) is 0. The average molecular weight is 208 g/mol. The zero-order chi connectivity index (χ0) is 11.8. The molecule has 0 N–H and O–H groups in total. The maximum absolute atomic E-state index is 5.20. The van der Waals surface area contributed by atoms with Crippen LogP contribution in [0, 0.1) is 0 Å². The highest BCUT2D eigenvalue weighted by Gasteiger charge is 2.06. The molecular formula is C14H24O. The van der Waals surface area contributed by atoms with Crippen molar-refractivity contribution in [2.45, 2.75) is 47.0 Å². The van der Waals surface area contributed by atoms with Crippen LogP contribution in [0.5, 0.6) is 5.75 Å². The van der Waals surface area contributed by atoms with Crippen LogP contribution in [0.1, 0.15) is 51.7 Å². The molecule has 0 fully saturated rings. The molecule has 0 amide bonds. The van der Waals surface area contributed by atoms with Gasteiger partial charge in [0, 0.05) is 0 Å². The molecular weight excluding hydrogens is 184 g/mol. The van der Waals surface area contributed by atoms with Crippen molar-refractivity contribution in [3.8, 4) is 5.75 Å². The van der Waals surface area contributed by atoms with E-state index in [1.54, 1.807) is 7.11 Å². The van der Waals surface area contributed by atoms with Crippen molar-refractivity contribution in [2.75, 3.05) is 7.11 Å². The molecule has 1 rings (SSSR count). The molecule has 1 heteroatoms. The third-order valence-electron chi connectivity index (χ3n) is 2.36. The van der Waals surface area contributed by atoms with Gasteiger partial charge in [-0.05, 0) is 35.6 Å². The summed E-state index contributed by atoms with van der Waals surface area (Å²) in [5.74, 6) is 1.53. The Balaban J connectivity index is 0.000000921. The fourth-order valence-corrected chi connectivity index (χ4v) is 1.56.